The number of hydrogen-bond donors (Lipinski definition) is 1. The van der Waals surface area contributed by atoms with Crippen molar-refractivity contribution in [3.63, 3.8) is 0 Å². The molecular formula is C15H25N3O. The van der Waals surface area contributed by atoms with Crippen LogP contribution in [0.2, 0.25) is 0 Å². The van der Waals surface area contributed by atoms with Gasteiger partial charge >= 0.3 is 0 Å². The Morgan fingerprint density at radius 3 is 3.05 bits per heavy atom. The maximum Gasteiger partial charge on any atom is 0.193 e. The van der Waals surface area contributed by atoms with E-state index in [2.05, 4.69) is 35.8 Å². The van der Waals surface area contributed by atoms with E-state index >= 15 is 0 Å². The van der Waals surface area contributed by atoms with Crippen molar-refractivity contribution in [2.75, 3.05) is 26.7 Å². The van der Waals surface area contributed by atoms with Gasteiger partial charge in [-0.1, -0.05) is 19.4 Å². The Hall–Kier alpha value is -1.71. The van der Waals surface area contributed by atoms with E-state index in [-0.39, 0.29) is 0 Å². The van der Waals surface area contributed by atoms with E-state index in [1.54, 1.807) is 6.26 Å². The molecule has 1 aromatic rings. The summed E-state index contributed by atoms with van der Waals surface area (Å²) in [4.78, 5) is 6.77. The zero-order valence-corrected chi connectivity index (χ0v) is 12.1. The van der Waals surface area contributed by atoms with Gasteiger partial charge in [-0.15, -0.1) is 6.58 Å². The molecule has 1 N–H and O–H groups in total. The van der Waals surface area contributed by atoms with Crippen LogP contribution in [0, 0.1) is 0 Å². The van der Waals surface area contributed by atoms with Crippen LogP contribution in [-0.4, -0.2) is 37.5 Å². The van der Waals surface area contributed by atoms with E-state index in [4.69, 9.17) is 4.42 Å². The van der Waals surface area contributed by atoms with Gasteiger partial charge in [-0.2, -0.15) is 0 Å². The van der Waals surface area contributed by atoms with Crippen LogP contribution >= 0.6 is 0 Å². The number of hydrogen-bond acceptors (Lipinski definition) is 2. The fourth-order valence-corrected chi connectivity index (χ4v) is 1.70. The summed E-state index contributed by atoms with van der Waals surface area (Å²) < 4.78 is 5.30. The van der Waals surface area contributed by atoms with Crippen LogP contribution in [-0.2, 0) is 6.42 Å². The zero-order chi connectivity index (χ0) is 13.9. The molecule has 0 saturated carbocycles. The maximum atomic E-state index is 5.30. The highest BCUT2D eigenvalue weighted by atomic mass is 16.3. The fraction of sp³-hybridized carbons (Fsp3) is 0.533. The molecule has 1 heterocycles. The molecule has 106 valence electrons. The van der Waals surface area contributed by atoms with E-state index in [1.165, 1.54) is 12.8 Å². The molecule has 0 saturated heterocycles. The predicted octanol–water partition coefficient (Wildman–Crippen LogP) is 2.69. The summed E-state index contributed by atoms with van der Waals surface area (Å²) in [6.07, 6.45) is 6.72. The number of rotatable bonds is 8. The van der Waals surface area contributed by atoms with Gasteiger partial charge in [-0.05, 0) is 18.6 Å². The summed E-state index contributed by atoms with van der Waals surface area (Å²) in [5, 5.41) is 3.29. The van der Waals surface area contributed by atoms with E-state index in [0.717, 1.165) is 37.8 Å². The number of nitrogens with one attached hydrogen (secondary N) is 1. The normalized spacial score (nSPS) is 11.4. The van der Waals surface area contributed by atoms with Gasteiger partial charge in [0, 0.05) is 33.1 Å². The first kappa shape index (κ1) is 15.3. The lowest BCUT2D eigenvalue weighted by Crippen LogP contribution is -2.39. The monoisotopic (exact) mass is 263 g/mol. The van der Waals surface area contributed by atoms with Crippen molar-refractivity contribution in [1.29, 1.82) is 0 Å². The summed E-state index contributed by atoms with van der Waals surface area (Å²) in [5.74, 6) is 1.91. The molecule has 0 aliphatic carbocycles. The minimum absolute atomic E-state index is 0.726. The molecule has 0 aliphatic heterocycles. The van der Waals surface area contributed by atoms with Crippen molar-refractivity contribution in [1.82, 2.24) is 10.2 Å². The number of aliphatic imine (C=N–C) groups is 1. The summed E-state index contributed by atoms with van der Waals surface area (Å²) in [5.41, 5.74) is 0. The van der Waals surface area contributed by atoms with Gasteiger partial charge in [0.25, 0.3) is 0 Å². The molecule has 1 rings (SSSR count). The highest BCUT2D eigenvalue weighted by Crippen LogP contribution is 2.01. The zero-order valence-electron chi connectivity index (χ0n) is 12.1. The van der Waals surface area contributed by atoms with Gasteiger partial charge in [-0.25, -0.2) is 0 Å². The van der Waals surface area contributed by atoms with E-state index in [0.29, 0.717) is 0 Å². The van der Waals surface area contributed by atoms with Crippen LogP contribution in [0.1, 0.15) is 25.5 Å². The Balaban J connectivity index is 2.48. The summed E-state index contributed by atoms with van der Waals surface area (Å²) in [7, 11) is 2.07. The van der Waals surface area contributed by atoms with Crippen molar-refractivity contribution >= 4 is 5.96 Å². The topological polar surface area (TPSA) is 40.8 Å². The molecule has 0 radical (unpaired) electrons. The van der Waals surface area contributed by atoms with Gasteiger partial charge < -0.3 is 14.6 Å². The van der Waals surface area contributed by atoms with E-state index < -0.39 is 0 Å². The van der Waals surface area contributed by atoms with Crippen LogP contribution in [0.25, 0.3) is 0 Å². The standard InChI is InChI=1S/C15H25N3O/c1-4-6-12-18(3)15(16-10-5-2)17-11-9-14-8-7-13-19-14/h5,7-8,13H,2,4,6,9-12H2,1,3H3,(H,16,17). The largest absolute Gasteiger partial charge is 0.469 e. The first-order valence-corrected chi connectivity index (χ1v) is 6.90. The molecule has 0 aliphatic rings. The molecule has 19 heavy (non-hydrogen) atoms. The SMILES string of the molecule is C=CCNC(=NCCc1ccco1)N(C)CCCC. The Bertz CT molecular complexity index is 371. The number of furan rings is 1. The van der Waals surface area contributed by atoms with Gasteiger partial charge in [-0.3, -0.25) is 4.99 Å². The average Bonchev–Trinajstić information content (AvgIpc) is 2.93. The van der Waals surface area contributed by atoms with Crippen LogP contribution in [0.3, 0.4) is 0 Å². The molecule has 0 unspecified atom stereocenters. The second-order valence-corrected chi connectivity index (χ2v) is 4.48. The summed E-state index contributed by atoms with van der Waals surface area (Å²) >= 11 is 0. The van der Waals surface area contributed by atoms with Crippen molar-refractivity contribution in [3.8, 4) is 0 Å². The fourth-order valence-electron chi connectivity index (χ4n) is 1.70. The highest BCUT2D eigenvalue weighted by molar-refractivity contribution is 5.79. The molecule has 0 atom stereocenters. The van der Waals surface area contributed by atoms with Gasteiger partial charge in [0.1, 0.15) is 5.76 Å². The third-order valence-corrected chi connectivity index (χ3v) is 2.81. The lowest BCUT2D eigenvalue weighted by Gasteiger charge is -2.21. The lowest BCUT2D eigenvalue weighted by molar-refractivity contribution is 0.464. The third-order valence-electron chi connectivity index (χ3n) is 2.81. The first-order valence-electron chi connectivity index (χ1n) is 6.90. The Labute approximate surface area is 116 Å². The Morgan fingerprint density at radius 1 is 1.58 bits per heavy atom. The van der Waals surface area contributed by atoms with Crippen LogP contribution in [0.4, 0.5) is 0 Å². The van der Waals surface area contributed by atoms with Crippen molar-refractivity contribution in [2.24, 2.45) is 4.99 Å². The minimum Gasteiger partial charge on any atom is -0.469 e. The third kappa shape index (κ3) is 6.13. The molecule has 0 fully saturated rings. The van der Waals surface area contributed by atoms with E-state index in [9.17, 15) is 0 Å². The average molecular weight is 263 g/mol. The summed E-state index contributed by atoms with van der Waals surface area (Å²) in [6.45, 7) is 8.39. The maximum absolute atomic E-state index is 5.30. The predicted molar refractivity (Wildman–Crippen MR) is 80.5 cm³/mol. The molecular weight excluding hydrogens is 238 g/mol. The highest BCUT2D eigenvalue weighted by Gasteiger charge is 2.04. The Kier molecular flexibility index (Phi) is 7.47. The molecule has 0 spiro atoms. The molecule has 0 aromatic carbocycles. The summed E-state index contributed by atoms with van der Waals surface area (Å²) in [6, 6.07) is 3.89. The first-order chi connectivity index (χ1) is 9.27. The second kappa shape index (κ2) is 9.25. The van der Waals surface area contributed by atoms with Crippen LogP contribution in [0.5, 0.6) is 0 Å². The molecule has 1 aromatic heterocycles. The van der Waals surface area contributed by atoms with Crippen molar-refractivity contribution < 1.29 is 4.42 Å². The smallest absolute Gasteiger partial charge is 0.193 e. The van der Waals surface area contributed by atoms with Crippen molar-refractivity contribution in [3.05, 3.63) is 36.8 Å². The molecule has 0 amide bonds. The number of nitrogens with zero attached hydrogens (tertiary/aromatic N) is 2. The van der Waals surface area contributed by atoms with Gasteiger partial charge in [0.05, 0.1) is 6.26 Å². The number of unbranched alkanes of at least 4 members (excludes halogenated alkanes) is 1. The van der Waals surface area contributed by atoms with Gasteiger partial charge in [0.15, 0.2) is 5.96 Å². The molecule has 4 nitrogen and oxygen atoms in total. The molecule has 0 bridgehead atoms. The minimum atomic E-state index is 0.726. The molecule has 4 heteroatoms. The Morgan fingerprint density at radius 2 is 2.42 bits per heavy atom. The van der Waals surface area contributed by atoms with E-state index in [1.807, 2.05) is 18.2 Å². The van der Waals surface area contributed by atoms with Gasteiger partial charge in [0.2, 0.25) is 0 Å². The van der Waals surface area contributed by atoms with Crippen LogP contribution in [0.15, 0.2) is 40.5 Å². The van der Waals surface area contributed by atoms with Crippen LogP contribution < -0.4 is 5.32 Å². The lowest BCUT2D eigenvalue weighted by atomic mass is 10.3. The van der Waals surface area contributed by atoms with Crippen molar-refractivity contribution in [2.45, 2.75) is 26.2 Å². The second-order valence-electron chi connectivity index (χ2n) is 4.48. The quantitative estimate of drug-likeness (QED) is 0.445. The number of guanidine groups is 1.